The summed E-state index contributed by atoms with van der Waals surface area (Å²) in [4.78, 5) is 0. The largest absolute Gasteiger partial charge is 0.398 e. The van der Waals surface area contributed by atoms with Crippen molar-refractivity contribution in [1.29, 1.82) is 0 Å². The third kappa shape index (κ3) is 8.20. The van der Waals surface area contributed by atoms with Gasteiger partial charge in [0, 0.05) is 32.9 Å². The van der Waals surface area contributed by atoms with Gasteiger partial charge in [0.1, 0.15) is 0 Å². The third-order valence-corrected chi connectivity index (χ3v) is 5.38. The molecule has 0 aromatic carbocycles. The summed E-state index contributed by atoms with van der Waals surface area (Å²) in [6, 6.07) is 0.856. The summed E-state index contributed by atoms with van der Waals surface area (Å²) >= 11 is 0. The Morgan fingerprint density at radius 1 is 1.12 bits per heavy atom. The van der Waals surface area contributed by atoms with E-state index in [-0.39, 0.29) is 0 Å². The lowest BCUT2D eigenvalue weighted by molar-refractivity contribution is 0.201. The van der Waals surface area contributed by atoms with Crippen molar-refractivity contribution < 1.29 is 8.85 Å². The van der Waals surface area contributed by atoms with E-state index in [0.29, 0.717) is 13.1 Å². The number of rotatable bonds is 11. The quantitative estimate of drug-likeness (QED) is 0.355. The first-order chi connectivity index (χ1) is 7.68. The maximum absolute atomic E-state index is 5.81. The zero-order chi connectivity index (χ0) is 12.3. The minimum Gasteiger partial charge on any atom is -0.398 e. The monoisotopic (exact) mass is 249 g/mol. The molecule has 0 rings (SSSR count). The SMILES string of the molecule is CO[Si](C)(CCN)OCCCCNCCN. The Kier molecular flexibility index (Phi) is 10.2. The van der Waals surface area contributed by atoms with Crippen LogP contribution in [0.25, 0.3) is 0 Å². The second-order valence-corrected chi connectivity index (χ2v) is 7.44. The highest BCUT2D eigenvalue weighted by Gasteiger charge is 2.28. The molecule has 1 unspecified atom stereocenters. The van der Waals surface area contributed by atoms with Crippen LogP contribution >= 0.6 is 0 Å². The van der Waals surface area contributed by atoms with Crippen molar-refractivity contribution in [3.8, 4) is 0 Å². The fourth-order valence-electron chi connectivity index (χ4n) is 1.36. The maximum atomic E-state index is 5.81. The summed E-state index contributed by atoms with van der Waals surface area (Å²) in [6.07, 6.45) is 2.16. The molecule has 16 heavy (non-hydrogen) atoms. The van der Waals surface area contributed by atoms with Crippen molar-refractivity contribution in [2.24, 2.45) is 11.5 Å². The van der Waals surface area contributed by atoms with Gasteiger partial charge < -0.3 is 25.6 Å². The van der Waals surface area contributed by atoms with Gasteiger partial charge in [-0.25, -0.2) is 0 Å². The Balaban J connectivity index is 3.41. The fourth-order valence-corrected chi connectivity index (χ4v) is 2.93. The minimum absolute atomic E-state index is 0.634. The molecule has 0 heterocycles. The van der Waals surface area contributed by atoms with E-state index in [1.165, 1.54) is 0 Å². The summed E-state index contributed by atoms with van der Waals surface area (Å²) < 4.78 is 11.2. The zero-order valence-corrected chi connectivity index (χ0v) is 11.6. The van der Waals surface area contributed by atoms with Crippen molar-refractivity contribution >= 4 is 8.56 Å². The molecular weight excluding hydrogens is 222 g/mol. The van der Waals surface area contributed by atoms with Crippen LogP contribution in [-0.4, -0.2) is 48.5 Å². The Bertz CT molecular complexity index is 163. The van der Waals surface area contributed by atoms with Crippen molar-refractivity contribution in [1.82, 2.24) is 5.32 Å². The number of unbranched alkanes of at least 4 members (excludes halogenated alkanes) is 1. The van der Waals surface area contributed by atoms with Crippen LogP contribution in [-0.2, 0) is 8.85 Å². The summed E-state index contributed by atoms with van der Waals surface area (Å²) in [6.45, 7) is 6.05. The molecule has 0 saturated carbocycles. The summed E-state index contributed by atoms with van der Waals surface area (Å²) in [5, 5.41) is 3.25. The number of nitrogens with two attached hydrogens (primary N) is 2. The lowest BCUT2D eigenvalue weighted by Crippen LogP contribution is -2.39. The highest BCUT2D eigenvalue weighted by Crippen LogP contribution is 2.11. The molecule has 98 valence electrons. The van der Waals surface area contributed by atoms with Crippen molar-refractivity contribution in [2.45, 2.75) is 25.4 Å². The van der Waals surface area contributed by atoms with E-state index in [9.17, 15) is 0 Å². The van der Waals surface area contributed by atoms with Crippen LogP contribution in [0.3, 0.4) is 0 Å². The normalized spacial score (nSPS) is 15.0. The van der Waals surface area contributed by atoms with E-state index in [1.54, 1.807) is 7.11 Å². The van der Waals surface area contributed by atoms with Crippen molar-refractivity contribution in [3.63, 3.8) is 0 Å². The Morgan fingerprint density at radius 2 is 1.88 bits per heavy atom. The van der Waals surface area contributed by atoms with Gasteiger partial charge in [-0.3, -0.25) is 0 Å². The average molecular weight is 249 g/mol. The van der Waals surface area contributed by atoms with Gasteiger partial charge in [0.2, 0.25) is 0 Å². The molecule has 0 bridgehead atoms. The summed E-state index contributed by atoms with van der Waals surface area (Å²) in [5.41, 5.74) is 10.9. The van der Waals surface area contributed by atoms with Gasteiger partial charge in [0.15, 0.2) is 0 Å². The summed E-state index contributed by atoms with van der Waals surface area (Å²) in [5.74, 6) is 0. The van der Waals surface area contributed by atoms with Crippen LogP contribution in [0.4, 0.5) is 0 Å². The molecular formula is C10H27N3O2Si. The smallest absolute Gasteiger partial charge is 0.335 e. The molecule has 0 aliphatic heterocycles. The third-order valence-electron chi connectivity index (χ3n) is 2.51. The van der Waals surface area contributed by atoms with Gasteiger partial charge in [-0.15, -0.1) is 0 Å². The fraction of sp³-hybridized carbons (Fsp3) is 1.00. The molecule has 0 aromatic rings. The lowest BCUT2D eigenvalue weighted by atomic mass is 10.3. The number of nitrogens with one attached hydrogen (secondary N) is 1. The van der Waals surface area contributed by atoms with Crippen LogP contribution in [0, 0.1) is 0 Å². The number of hydrogen-bond donors (Lipinski definition) is 3. The molecule has 1 atom stereocenters. The van der Waals surface area contributed by atoms with Gasteiger partial charge in [0.25, 0.3) is 0 Å². The van der Waals surface area contributed by atoms with Gasteiger partial charge in [-0.05, 0) is 32.5 Å². The maximum Gasteiger partial charge on any atom is 0.335 e. The molecule has 0 saturated heterocycles. The Morgan fingerprint density at radius 3 is 2.44 bits per heavy atom. The molecule has 0 fully saturated rings. The molecule has 5 nitrogen and oxygen atoms in total. The van der Waals surface area contributed by atoms with Gasteiger partial charge >= 0.3 is 8.56 Å². The first-order valence-corrected chi connectivity index (χ1v) is 8.51. The van der Waals surface area contributed by atoms with E-state index in [0.717, 1.165) is 38.6 Å². The Labute approximate surface area is 100 Å². The molecule has 0 aliphatic carbocycles. The van der Waals surface area contributed by atoms with Crippen molar-refractivity contribution in [3.05, 3.63) is 0 Å². The van der Waals surface area contributed by atoms with E-state index in [4.69, 9.17) is 20.3 Å². The van der Waals surface area contributed by atoms with Crippen LogP contribution in [0.2, 0.25) is 12.6 Å². The molecule has 5 N–H and O–H groups in total. The highest BCUT2D eigenvalue weighted by molar-refractivity contribution is 6.66. The van der Waals surface area contributed by atoms with E-state index >= 15 is 0 Å². The van der Waals surface area contributed by atoms with Crippen LogP contribution in [0.1, 0.15) is 12.8 Å². The molecule has 0 amide bonds. The van der Waals surface area contributed by atoms with Crippen LogP contribution in [0.15, 0.2) is 0 Å². The lowest BCUT2D eigenvalue weighted by Gasteiger charge is -2.24. The predicted octanol–water partition coefficient (Wildman–Crippen LogP) is 0.00860. The molecule has 0 radical (unpaired) electrons. The first-order valence-electron chi connectivity index (χ1n) is 5.98. The van der Waals surface area contributed by atoms with E-state index in [1.807, 2.05) is 0 Å². The molecule has 0 spiro atoms. The summed E-state index contributed by atoms with van der Waals surface area (Å²) in [7, 11) is -0.251. The standard InChI is InChI=1S/C10H27N3O2Si/c1-14-16(2,10-6-12)15-9-4-3-7-13-8-5-11/h13H,3-12H2,1-2H3. The number of hydrogen-bond acceptors (Lipinski definition) is 5. The molecule has 0 aliphatic rings. The average Bonchev–Trinajstić information content (AvgIpc) is 2.28. The zero-order valence-electron chi connectivity index (χ0n) is 10.6. The second kappa shape index (κ2) is 10.2. The van der Waals surface area contributed by atoms with E-state index in [2.05, 4.69) is 11.9 Å². The van der Waals surface area contributed by atoms with E-state index < -0.39 is 8.56 Å². The Hall–Kier alpha value is 0.0169. The van der Waals surface area contributed by atoms with Crippen molar-refractivity contribution in [2.75, 3.05) is 39.9 Å². The van der Waals surface area contributed by atoms with Crippen LogP contribution in [0.5, 0.6) is 0 Å². The minimum atomic E-state index is -1.96. The van der Waals surface area contributed by atoms with Gasteiger partial charge in [-0.2, -0.15) is 0 Å². The van der Waals surface area contributed by atoms with Gasteiger partial charge in [-0.1, -0.05) is 0 Å². The van der Waals surface area contributed by atoms with Crippen LogP contribution < -0.4 is 16.8 Å². The predicted molar refractivity (Wildman–Crippen MR) is 69.6 cm³/mol. The first kappa shape index (κ1) is 16.0. The molecule has 6 heteroatoms. The second-order valence-electron chi connectivity index (χ2n) is 3.97. The topological polar surface area (TPSA) is 82.5 Å². The van der Waals surface area contributed by atoms with Gasteiger partial charge in [0.05, 0.1) is 0 Å². The highest BCUT2D eigenvalue weighted by atomic mass is 28.4. The molecule has 0 aromatic heterocycles.